The van der Waals surface area contributed by atoms with Crippen molar-refractivity contribution in [1.29, 1.82) is 0 Å². The van der Waals surface area contributed by atoms with Crippen molar-refractivity contribution < 1.29 is 14.3 Å². The highest BCUT2D eigenvalue weighted by Crippen LogP contribution is 2.13. The maximum Gasteiger partial charge on any atom is 0.340 e. The number of carbonyl (C=O) groups is 2. The number of anilines is 1. The molecule has 1 amide bonds. The van der Waals surface area contributed by atoms with Crippen molar-refractivity contribution in [2.24, 2.45) is 0 Å². The zero-order chi connectivity index (χ0) is 20.9. The first-order chi connectivity index (χ1) is 14.6. The van der Waals surface area contributed by atoms with Gasteiger partial charge in [-0.3, -0.25) is 4.79 Å². The summed E-state index contributed by atoms with van der Waals surface area (Å²) < 4.78 is 6.95. The second kappa shape index (κ2) is 8.68. The highest BCUT2D eigenvalue weighted by molar-refractivity contribution is 5.92. The smallest absolute Gasteiger partial charge is 0.340 e. The molecule has 1 atom stereocenters. The summed E-state index contributed by atoms with van der Waals surface area (Å²) in [5.74, 6) is 0.417. The highest BCUT2D eigenvalue weighted by atomic mass is 16.5. The summed E-state index contributed by atoms with van der Waals surface area (Å²) in [4.78, 5) is 41.5. The number of ether oxygens (including phenoxy) is 1. The molecule has 1 aliphatic rings. The quantitative estimate of drug-likeness (QED) is 0.576. The Labute approximate surface area is 173 Å². The Morgan fingerprint density at radius 3 is 2.40 bits per heavy atom. The maximum absolute atomic E-state index is 12.7. The van der Waals surface area contributed by atoms with Crippen molar-refractivity contribution in [1.82, 2.24) is 29.6 Å². The molecule has 10 heteroatoms. The molecule has 30 heavy (non-hydrogen) atoms. The molecule has 1 unspecified atom stereocenters. The number of esters is 1. The van der Waals surface area contributed by atoms with Gasteiger partial charge in [0.15, 0.2) is 11.9 Å². The number of rotatable bonds is 5. The number of hydrogen-bond acceptors (Lipinski definition) is 8. The summed E-state index contributed by atoms with van der Waals surface area (Å²) in [6, 6.07) is 6.81. The van der Waals surface area contributed by atoms with Gasteiger partial charge in [0.05, 0.1) is 5.56 Å². The fourth-order valence-corrected chi connectivity index (χ4v) is 3.16. The Morgan fingerprint density at radius 1 is 1.00 bits per heavy atom. The van der Waals surface area contributed by atoms with Gasteiger partial charge in [-0.15, -0.1) is 0 Å². The lowest BCUT2D eigenvalue weighted by Crippen LogP contribution is -2.52. The summed E-state index contributed by atoms with van der Waals surface area (Å²) in [6.45, 7) is 3.85. The first-order valence-electron chi connectivity index (χ1n) is 9.59. The molecule has 3 aromatic heterocycles. The van der Waals surface area contributed by atoms with E-state index in [9.17, 15) is 9.59 Å². The molecule has 154 valence electrons. The topological polar surface area (TPSA) is 106 Å². The van der Waals surface area contributed by atoms with E-state index in [1.165, 1.54) is 6.20 Å². The summed E-state index contributed by atoms with van der Waals surface area (Å²) in [6.07, 6.45) is 7.31. The lowest BCUT2D eigenvalue weighted by molar-refractivity contribution is -0.140. The lowest BCUT2D eigenvalue weighted by Gasteiger charge is -2.35. The number of piperazine rings is 1. The van der Waals surface area contributed by atoms with Crippen molar-refractivity contribution in [3.8, 4) is 5.82 Å². The van der Waals surface area contributed by atoms with Gasteiger partial charge in [-0.05, 0) is 31.2 Å². The standard InChI is InChI=1S/C20H21N7O3/c1-15(18(28)25-10-12-26(13-11-25)20-21-6-2-7-22-20)30-19(29)16-4-5-17(23-14-16)27-9-3-8-24-27/h2-9,14-15H,10-13H2,1H3. The lowest BCUT2D eigenvalue weighted by atomic mass is 10.2. The van der Waals surface area contributed by atoms with Crippen LogP contribution in [0.5, 0.6) is 0 Å². The maximum atomic E-state index is 12.7. The van der Waals surface area contributed by atoms with Crippen molar-refractivity contribution in [3.05, 3.63) is 60.8 Å². The van der Waals surface area contributed by atoms with Crippen LogP contribution >= 0.6 is 0 Å². The van der Waals surface area contributed by atoms with Crippen molar-refractivity contribution >= 4 is 17.8 Å². The van der Waals surface area contributed by atoms with Crippen LogP contribution in [0, 0.1) is 0 Å². The van der Waals surface area contributed by atoms with Crippen LogP contribution < -0.4 is 4.90 Å². The predicted octanol–water partition coefficient (Wildman–Crippen LogP) is 0.951. The minimum atomic E-state index is -0.886. The van der Waals surface area contributed by atoms with Gasteiger partial charge < -0.3 is 14.5 Å². The molecule has 0 saturated carbocycles. The summed E-state index contributed by atoms with van der Waals surface area (Å²) >= 11 is 0. The Morgan fingerprint density at radius 2 is 1.77 bits per heavy atom. The normalized spacial score (nSPS) is 15.0. The SMILES string of the molecule is CC(OC(=O)c1ccc(-n2cccn2)nc1)C(=O)N1CCN(c2ncccn2)CC1. The van der Waals surface area contributed by atoms with Gasteiger partial charge in [0.25, 0.3) is 5.91 Å². The predicted molar refractivity (Wildman–Crippen MR) is 107 cm³/mol. The van der Waals surface area contributed by atoms with Gasteiger partial charge in [-0.2, -0.15) is 5.10 Å². The number of amides is 1. The van der Waals surface area contributed by atoms with E-state index in [0.29, 0.717) is 37.9 Å². The number of carbonyl (C=O) groups excluding carboxylic acids is 2. The van der Waals surface area contributed by atoms with Gasteiger partial charge in [0, 0.05) is 57.2 Å². The minimum Gasteiger partial charge on any atom is -0.449 e. The van der Waals surface area contributed by atoms with Gasteiger partial charge in [0.2, 0.25) is 5.95 Å². The molecule has 10 nitrogen and oxygen atoms in total. The molecule has 1 aliphatic heterocycles. The first-order valence-corrected chi connectivity index (χ1v) is 9.59. The van der Waals surface area contributed by atoms with E-state index in [2.05, 4.69) is 20.1 Å². The van der Waals surface area contributed by atoms with E-state index in [0.717, 1.165) is 0 Å². The molecule has 0 radical (unpaired) electrons. The van der Waals surface area contributed by atoms with Crippen molar-refractivity contribution in [2.75, 3.05) is 31.1 Å². The fraction of sp³-hybridized carbons (Fsp3) is 0.300. The van der Waals surface area contributed by atoms with Gasteiger partial charge in [-0.25, -0.2) is 24.4 Å². The van der Waals surface area contributed by atoms with Crippen LogP contribution in [0.25, 0.3) is 5.82 Å². The van der Waals surface area contributed by atoms with Crippen LogP contribution in [-0.4, -0.2) is 73.8 Å². The molecule has 0 aliphatic carbocycles. The number of hydrogen-bond donors (Lipinski definition) is 0. The van der Waals surface area contributed by atoms with Crippen LogP contribution in [0.1, 0.15) is 17.3 Å². The van der Waals surface area contributed by atoms with Gasteiger partial charge in [0.1, 0.15) is 0 Å². The highest BCUT2D eigenvalue weighted by Gasteiger charge is 2.28. The van der Waals surface area contributed by atoms with E-state index in [-0.39, 0.29) is 11.5 Å². The molecular formula is C20H21N7O3. The van der Waals surface area contributed by atoms with E-state index in [4.69, 9.17) is 4.74 Å². The Bertz CT molecular complexity index is 985. The Balaban J connectivity index is 1.30. The summed E-state index contributed by atoms with van der Waals surface area (Å²) in [5, 5.41) is 4.09. The van der Waals surface area contributed by atoms with Gasteiger partial charge in [-0.1, -0.05) is 0 Å². The molecule has 1 fully saturated rings. The molecule has 4 rings (SSSR count). The second-order valence-electron chi connectivity index (χ2n) is 6.76. The van der Waals surface area contributed by atoms with Crippen LogP contribution in [0.4, 0.5) is 5.95 Å². The molecule has 1 saturated heterocycles. The zero-order valence-electron chi connectivity index (χ0n) is 16.5. The third-order valence-corrected chi connectivity index (χ3v) is 4.78. The Hall–Kier alpha value is -3.82. The second-order valence-corrected chi connectivity index (χ2v) is 6.76. The average Bonchev–Trinajstić information content (AvgIpc) is 3.34. The van der Waals surface area contributed by atoms with E-state index >= 15 is 0 Å². The molecule has 4 heterocycles. The average molecular weight is 407 g/mol. The largest absolute Gasteiger partial charge is 0.449 e. The zero-order valence-corrected chi connectivity index (χ0v) is 16.5. The molecule has 0 bridgehead atoms. The number of aromatic nitrogens is 5. The van der Waals surface area contributed by atoms with E-state index in [1.54, 1.807) is 65.6 Å². The Kier molecular flexibility index (Phi) is 5.64. The molecule has 0 spiro atoms. The third kappa shape index (κ3) is 4.27. The van der Waals surface area contributed by atoms with Crippen LogP contribution in [0.2, 0.25) is 0 Å². The van der Waals surface area contributed by atoms with E-state index in [1.807, 2.05) is 4.90 Å². The van der Waals surface area contributed by atoms with Crippen LogP contribution in [0.3, 0.4) is 0 Å². The fourth-order valence-electron chi connectivity index (χ4n) is 3.16. The van der Waals surface area contributed by atoms with Crippen LogP contribution in [-0.2, 0) is 9.53 Å². The molecule has 3 aromatic rings. The number of pyridine rings is 1. The molecule has 0 N–H and O–H groups in total. The van der Waals surface area contributed by atoms with E-state index < -0.39 is 12.1 Å². The van der Waals surface area contributed by atoms with Crippen LogP contribution in [0.15, 0.2) is 55.2 Å². The monoisotopic (exact) mass is 407 g/mol. The third-order valence-electron chi connectivity index (χ3n) is 4.78. The van der Waals surface area contributed by atoms with Gasteiger partial charge >= 0.3 is 5.97 Å². The van der Waals surface area contributed by atoms with Crippen molar-refractivity contribution in [3.63, 3.8) is 0 Å². The molecule has 0 aromatic carbocycles. The van der Waals surface area contributed by atoms with Crippen molar-refractivity contribution in [2.45, 2.75) is 13.0 Å². The summed E-state index contributed by atoms with van der Waals surface area (Å²) in [7, 11) is 0. The molecular weight excluding hydrogens is 386 g/mol. The summed E-state index contributed by atoms with van der Waals surface area (Å²) in [5.41, 5.74) is 0.275. The first kappa shape index (κ1) is 19.5. The number of nitrogens with zero attached hydrogens (tertiary/aromatic N) is 7. The minimum absolute atomic E-state index is 0.224.